The van der Waals surface area contributed by atoms with Crippen LogP contribution in [0.5, 0.6) is 0 Å². The van der Waals surface area contributed by atoms with Gasteiger partial charge in [0.25, 0.3) is 6.47 Å². The molecule has 134 valence electrons. The zero-order valence-electron chi connectivity index (χ0n) is 14.5. The zero-order valence-corrected chi connectivity index (χ0v) is 15.3. The molecule has 0 N–H and O–H groups in total. The van der Waals surface area contributed by atoms with Gasteiger partial charge in [-0.15, -0.1) is 11.3 Å². The Morgan fingerprint density at radius 3 is 2.78 bits per heavy atom. The maximum atomic E-state index is 10.8. The van der Waals surface area contributed by atoms with Crippen LogP contribution in [0.15, 0.2) is 66.0 Å². The number of rotatable bonds is 7. The molecule has 1 unspecified atom stereocenters. The van der Waals surface area contributed by atoms with Crippen LogP contribution in [0, 0.1) is 0 Å². The Morgan fingerprint density at radius 1 is 1.22 bits per heavy atom. The lowest BCUT2D eigenvalue weighted by Gasteiger charge is -2.15. The number of thiazole rings is 1. The zero-order chi connectivity index (χ0) is 18.6. The Morgan fingerprint density at radius 2 is 2.07 bits per heavy atom. The summed E-state index contributed by atoms with van der Waals surface area (Å²) in [6.45, 7) is 4.49. The van der Waals surface area contributed by atoms with Gasteiger partial charge >= 0.3 is 0 Å². The molecule has 1 atom stereocenters. The van der Waals surface area contributed by atoms with Crippen LogP contribution in [0.3, 0.4) is 0 Å². The maximum Gasteiger partial charge on any atom is 0.293 e. The minimum Gasteiger partial charge on any atom is -0.465 e. The molecule has 0 saturated heterocycles. The van der Waals surface area contributed by atoms with Crippen molar-refractivity contribution in [3.63, 3.8) is 0 Å². The fourth-order valence-electron chi connectivity index (χ4n) is 3.13. The molecule has 0 fully saturated rings. The Bertz CT molecular complexity index is 1070. The summed E-state index contributed by atoms with van der Waals surface area (Å²) >= 11 is 1.50. The molecule has 27 heavy (non-hydrogen) atoms. The summed E-state index contributed by atoms with van der Waals surface area (Å²) in [4.78, 5) is 15.2. The molecule has 0 aliphatic carbocycles. The molecular weight excluding hydrogens is 358 g/mol. The molecule has 0 aliphatic rings. The average molecular weight is 375 g/mol. The topological polar surface area (TPSA) is 57.0 Å². The summed E-state index contributed by atoms with van der Waals surface area (Å²) in [6, 6.07) is 15.8. The van der Waals surface area contributed by atoms with Crippen LogP contribution in [0.1, 0.15) is 17.3 Å². The van der Waals surface area contributed by atoms with E-state index in [-0.39, 0.29) is 12.6 Å². The van der Waals surface area contributed by atoms with E-state index in [4.69, 9.17) is 9.84 Å². The Kier molecular flexibility index (Phi) is 4.80. The summed E-state index contributed by atoms with van der Waals surface area (Å²) in [7, 11) is 0. The lowest BCUT2D eigenvalue weighted by atomic mass is 10.1. The van der Waals surface area contributed by atoms with E-state index < -0.39 is 0 Å². The maximum absolute atomic E-state index is 10.8. The Balaban J connectivity index is 1.95. The molecule has 5 nitrogen and oxygen atoms in total. The average Bonchev–Trinajstić information content (AvgIpc) is 3.37. The largest absolute Gasteiger partial charge is 0.465 e. The highest BCUT2D eigenvalue weighted by molar-refractivity contribution is 7.07. The molecule has 2 aromatic carbocycles. The molecule has 4 aromatic rings. The summed E-state index contributed by atoms with van der Waals surface area (Å²) < 4.78 is 6.99. The molecule has 4 rings (SSSR count). The van der Waals surface area contributed by atoms with Gasteiger partial charge in [-0.3, -0.25) is 9.48 Å². The third-order valence-corrected chi connectivity index (χ3v) is 5.03. The van der Waals surface area contributed by atoms with Crippen molar-refractivity contribution in [2.24, 2.45) is 0 Å². The number of carbonyl (C=O) groups is 1. The predicted molar refractivity (Wildman–Crippen MR) is 108 cm³/mol. The fourth-order valence-corrected chi connectivity index (χ4v) is 3.73. The highest BCUT2D eigenvalue weighted by atomic mass is 32.1. The van der Waals surface area contributed by atoms with Crippen LogP contribution in [0.4, 0.5) is 0 Å². The van der Waals surface area contributed by atoms with Gasteiger partial charge in [0.05, 0.1) is 16.7 Å². The highest BCUT2D eigenvalue weighted by Crippen LogP contribution is 2.32. The minimum atomic E-state index is -0.304. The van der Waals surface area contributed by atoms with Crippen LogP contribution in [-0.2, 0) is 9.53 Å². The first-order chi connectivity index (χ1) is 13.3. The molecular formula is C21H17N3O2S. The first-order valence-corrected chi connectivity index (χ1v) is 9.39. The molecule has 0 bridgehead atoms. The molecule has 0 aliphatic heterocycles. The number of hydrogen-bond donors (Lipinski definition) is 0. The summed E-state index contributed by atoms with van der Waals surface area (Å²) in [5, 5.41) is 7.87. The second-order valence-corrected chi connectivity index (χ2v) is 6.72. The smallest absolute Gasteiger partial charge is 0.293 e. The van der Waals surface area contributed by atoms with Gasteiger partial charge in [-0.05, 0) is 17.7 Å². The van der Waals surface area contributed by atoms with Gasteiger partial charge in [0, 0.05) is 16.3 Å². The first-order valence-electron chi connectivity index (χ1n) is 8.45. The van der Waals surface area contributed by atoms with Crippen LogP contribution in [0.25, 0.3) is 28.2 Å². The van der Waals surface area contributed by atoms with Crippen molar-refractivity contribution >= 4 is 34.8 Å². The van der Waals surface area contributed by atoms with E-state index in [1.165, 1.54) is 11.3 Å². The number of fused-ring (bicyclic) bond motifs is 1. The van der Waals surface area contributed by atoms with Crippen molar-refractivity contribution in [1.82, 2.24) is 14.8 Å². The third kappa shape index (κ3) is 3.27. The molecule has 2 aromatic heterocycles. The van der Waals surface area contributed by atoms with Gasteiger partial charge in [-0.25, -0.2) is 4.98 Å². The molecule has 0 radical (unpaired) electrons. The van der Waals surface area contributed by atoms with Crippen molar-refractivity contribution in [1.29, 1.82) is 0 Å². The van der Waals surface area contributed by atoms with Crippen molar-refractivity contribution < 1.29 is 9.53 Å². The number of ether oxygens (including phenoxy) is 1. The third-order valence-electron chi connectivity index (χ3n) is 4.42. The number of hydrogen-bond acceptors (Lipinski definition) is 5. The van der Waals surface area contributed by atoms with Gasteiger partial charge in [0.15, 0.2) is 0 Å². The second kappa shape index (κ2) is 7.55. The van der Waals surface area contributed by atoms with Crippen molar-refractivity contribution in [3.8, 4) is 11.3 Å². The van der Waals surface area contributed by atoms with Crippen LogP contribution in [0.2, 0.25) is 0 Å². The van der Waals surface area contributed by atoms with Crippen molar-refractivity contribution in [2.75, 3.05) is 6.61 Å². The van der Waals surface area contributed by atoms with Crippen LogP contribution in [-0.4, -0.2) is 27.8 Å². The van der Waals surface area contributed by atoms with Gasteiger partial charge < -0.3 is 4.74 Å². The van der Waals surface area contributed by atoms with E-state index in [2.05, 4.69) is 17.6 Å². The summed E-state index contributed by atoms with van der Waals surface area (Å²) in [6.07, 6.45) is 1.80. The van der Waals surface area contributed by atoms with Crippen molar-refractivity contribution in [3.05, 3.63) is 77.3 Å². The molecule has 0 saturated carbocycles. The van der Waals surface area contributed by atoms with E-state index >= 15 is 0 Å². The van der Waals surface area contributed by atoms with E-state index in [0.29, 0.717) is 6.47 Å². The molecule has 2 heterocycles. The van der Waals surface area contributed by atoms with E-state index in [9.17, 15) is 4.79 Å². The lowest BCUT2D eigenvalue weighted by Crippen LogP contribution is -2.18. The summed E-state index contributed by atoms with van der Waals surface area (Å²) in [5.74, 6) is 0. The molecule has 6 heteroatoms. The number of benzene rings is 2. The SMILES string of the molecule is C=Cc1ccc2c(-c3ccccc3)nn(C(COC=O)c3cscn3)c2c1. The number of carbonyl (C=O) groups excluding carboxylic acids is 1. The number of aromatic nitrogens is 3. The second-order valence-electron chi connectivity index (χ2n) is 6.00. The van der Waals surface area contributed by atoms with Gasteiger partial charge in [-0.2, -0.15) is 5.10 Å². The fraction of sp³-hybridized carbons (Fsp3) is 0.0952. The Hall–Kier alpha value is -3.25. The first kappa shape index (κ1) is 17.2. The van der Waals surface area contributed by atoms with Crippen molar-refractivity contribution in [2.45, 2.75) is 6.04 Å². The lowest BCUT2D eigenvalue weighted by molar-refractivity contribution is -0.129. The standard InChI is InChI=1S/C21H17N3O2S/c1-2-15-8-9-17-19(10-15)24(23-21(17)16-6-4-3-5-7-16)20(11-26-14-25)18-12-27-13-22-18/h2-10,12-14,20H,1,11H2. The predicted octanol–water partition coefficient (Wildman–Crippen LogP) is 4.57. The highest BCUT2D eigenvalue weighted by Gasteiger charge is 2.22. The molecule has 0 spiro atoms. The molecule has 0 amide bonds. The minimum absolute atomic E-state index is 0.163. The van der Waals surface area contributed by atoms with Gasteiger partial charge in [0.2, 0.25) is 0 Å². The van der Waals surface area contributed by atoms with E-state index in [1.54, 1.807) is 11.6 Å². The Labute approximate surface area is 160 Å². The number of nitrogens with zero attached hydrogens (tertiary/aromatic N) is 3. The van der Waals surface area contributed by atoms with Crippen LogP contribution < -0.4 is 0 Å². The van der Waals surface area contributed by atoms with Gasteiger partial charge in [-0.1, -0.05) is 49.1 Å². The van der Waals surface area contributed by atoms with Gasteiger partial charge in [0.1, 0.15) is 18.3 Å². The van der Waals surface area contributed by atoms with E-state index in [1.807, 2.05) is 52.5 Å². The monoisotopic (exact) mass is 375 g/mol. The summed E-state index contributed by atoms with van der Waals surface area (Å²) in [5.41, 5.74) is 6.43. The normalized spacial score (nSPS) is 12.0. The quantitative estimate of drug-likeness (QED) is 0.444. The van der Waals surface area contributed by atoms with E-state index in [0.717, 1.165) is 33.4 Å². The van der Waals surface area contributed by atoms with Crippen LogP contribution >= 0.6 is 11.3 Å².